The molecule has 114 valence electrons. The Morgan fingerprint density at radius 2 is 1.95 bits per heavy atom. The molecule has 0 aliphatic heterocycles. The van der Waals surface area contributed by atoms with Crippen LogP contribution in [0.15, 0.2) is 21.5 Å². The first kappa shape index (κ1) is 18.5. The second-order valence-corrected chi connectivity index (χ2v) is 7.95. The van der Waals surface area contributed by atoms with Gasteiger partial charge in [-0.1, -0.05) is 23.2 Å². The molecule has 3 N–H and O–H groups in total. The third-order valence-corrected chi connectivity index (χ3v) is 6.09. The van der Waals surface area contributed by atoms with E-state index in [1.807, 2.05) is 0 Å². The molecule has 0 heterocycles. The Bertz CT molecular complexity index is 594. The van der Waals surface area contributed by atoms with Crippen molar-refractivity contribution in [2.75, 3.05) is 6.54 Å². The van der Waals surface area contributed by atoms with Gasteiger partial charge in [0.1, 0.15) is 4.90 Å². The summed E-state index contributed by atoms with van der Waals surface area (Å²) in [7, 11) is -3.68. The Morgan fingerprint density at radius 1 is 1.35 bits per heavy atom. The van der Waals surface area contributed by atoms with Crippen molar-refractivity contribution in [2.24, 2.45) is 11.7 Å². The van der Waals surface area contributed by atoms with Crippen molar-refractivity contribution >= 4 is 61.6 Å². The summed E-state index contributed by atoms with van der Waals surface area (Å²) in [6.45, 7) is 0.212. The van der Waals surface area contributed by atoms with Crippen molar-refractivity contribution in [3.63, 3.8) is 0 Å². The van der Waals surface area contributed by atoms with Gasteiger partial charge in [-0.2, -0.15) is 0 Å². The van der Waals surface area contributed by atoms with Crippen LogP contribution in [0, 0.1) is 5.92 Å². The number of nitrogens with one attached hydrogen (secondary N) is 1. The number of nitrogens with two attached hydrogens (primary N) is 1. The van der Waals surface area contributed by atoms with Crippen LogP contribution < -0.4 is 10.5 Å². The van der Waals surface area contributed by atoms with Gasteiger partial charge >= 0.3 is 0 Å². The number of hydrogen-bond acceptors (Lipinski definition) is 3. The Labute approximate surface area is 143 Å². The lowest BCUT2D eigenvalue weighted by Crippen LogP contribution is -2.38. The van der Waals surface area contributed by atoms with E-state index in [4.69, 9.17) is 28.9 Å². The van der Waals surface area contributed by atoms with Crippen LogP contribution >= 0.6 is 51.5 Å². The molecule has 0 saturated heterocycles. The summed E-state index contributed by atoms with van der Waals surface area (Å²) in [5.74, 6) is 0.426. The zero-order chi connectivity index (χ0) is 14.2. The van der Waals surface area contributed by atoms with Gasteiger partial charge in [-0.05, 0) is 46.8 Å². The standard InChI is InChI=1S/C11H13BrCl2N2O2S.ClH/c12-7-3-11(9(14)4-8(7)13)19(17,18)16-5-10(15)6-1-2-6;/h3-4,6,10,16H,1-2,5,15H2;1H. The van der Waals surface area contributed by atoms with E-state index in [1.54, 1.807) is 0 Å². The van der Waals surface area contributed by atoms with E-state index >= 15 is 0 Å². The number of rotatable bonds is 5. The van der Waals surface area contributed by atoms with Crippen LogP contribution in [0.5, 0.6) is 0 Å². The van der Waals surface area contributed by atoms with Gasteiger partial charge < -0.3 is 5.73 Å². The number of sulfonamides is 1. The molecule has 4 nitrogen and oxygen atoms in total. The molecule has 1 atom stereocenters. The minimum absolute atomic E-state index is 0. The van der Waals surface area contributed by atoms with Crippen LogP contribution in [-0.4, -0.2) is 21.0 Å². The van der Waals surface area contributed by atoms with Gasteiger partial charge in [-0.25, -0.2) is 13.1 Å². The van der Waals surface area contributed by atoms with Crippen molar-refractivity contribution in [1.29, 1.82) is 0 Å². The van der Waals surface area contributed by atoms with Gasteiger partial charge in [0.05, 0.1) is 10.0 Å². The fourth-order valence-electron chi connectivity index (χ4n) is 1.68. The number of hydrogen-bond donors (Lipinski definition) is 2. The molecule has 0 aromatic heterocycles. The summed E-state index contributed by atoms with van der Waals surface area (Å²) < 4.78 is 27.3. The first-order valence-corrected chi connectivity index (χ1v) is 8.74. The molecule has 1 unspecified atom stereocenters. The highest BCUT2D eigenvalue weighted by molar-refractivity contribution is 9.10. The van der Waals surface area contributed by atoms with Crippen LogP contribution in [0.4, 0.5) is 0 Å². The lowest BCUT2D eigenvalue weighted by atomic mass is 10.2. The van der Waals surface area contributed by atoms with Gasteiger partial charge in [0, 0.05) is 17.1 Å². The van der Waals surface area contributed by atoms with E-state index < -0.39 is 10.0 Å². The summed E-state index contributed by atoms with van der Waals surface area (Å²) in [5.41, 5.74) is 5.87. The minimum atomic E-state index is -3.68. The smallest absolute Gasteiger partial charge is 0.242 e. The molecule has 0 spiro atoms. The molecule has 20 heavy (non-hydrogen) atoms. The molecule has 1 aliphatic rings. The highest BCUT2D eigenvalue weighted by Gasteiger charge is 2.29. The molecule has 1 saturated carbocycles. The van der Waals surface area contributed by atoms with Gasteiger partial charge in [0.25, 0.3) is 0 Å². The molecule has 1 aromatic rings. The lowest BCUT2D eigenvalue weighted by Gasteiger charge is -2.13. The highest BCUT2D eigenvalue weighted by Crippen LogP contribution is 2.33. The van der Waals surface area contributed by atoms with Crippen molar-refractivity contribution in [3.05, 3.63) is 26.7 Å². The van der Waals surface area contributed by atoms with Crippen LogP contribution in [-0.2, 0) is 10.0 Å². The zero-order valence-corrected chi connectivity index (χ0v) is 15.0. The molecule has 1 aromatic carbocycles. The molecule has 1 fully saturated rings. The predicted octanol–water partition coefficient (Wildman–Crippen LogP) is 3.19. The summed E-state index contributed by atoms with van der Waals surface area (Å²) in [6, 6.07) is 2.63. The summed E-state index contributed by atoms with van der Waals surface area (Å²) in [6.07, 6.45) is 2.13. The van der Waals surface area contributed by atoms with Crippen LogP contribution in [0.3, 0.4) is 0 Å². The van der Waals surface area contributed by atoms with Crippen LogP contribution in [0.1, 0.15) is 12.8 Å². The van der Waals surface area contributed by atoms with Crippen molar-refractivity contribution in [3.8, 4) is 0 Å². The predicted molar refractivity (Wildman–Crippen MR) is 87.3 cm³/mol. The molecule has 1 aliphatic carbocycles. The monoisotopic (exact) mass is 422 g/mol. The van der Waals surface area contributed by atoms with Crippen LogP contribution in [0.2, 0.25) is 10.0 Å². The first-order valence-electron chi connectivity index (χ1n) is 5.71. The summed E-state index contributed by atoms with van der Waals surface area (Å²) in [4.78, 5) is -0.00608. The Balaban J connectivity index is 0.00000200. The second-order valence-electron chi connectivity index (χ2n) is 4.55. The maximum atomic E-state index is 12.1. The molecular formula is C11H14BrCl3N2O2S. The molecule has 2 rings (SSSR count). The fraction of sp³-hybridized carbons (Fsp3) is 0.455. The Kier molecular flexibility index (Phi) is 6.59. The molecule has 0 radical (unpaired) electrons. The van der Waals surface area contributed by atoms with E-state index in [0.717, 1.165) is 12.8 Å². The maximum Gasteiger partial charge on any atom is 0.242 e. The van der Waals surface area contributed by atoms with Crippen molar-refractivity contribution in [2.45, 2.75) is 23.8 Å². The molecular weight excluding hydrogens is 410 g/mol. The van der Waals surface area contributed by atoms with E-state index in [2.05, 4.69) is 20.7 Å². The third-order valence-electron chi connectivity index (χ3n) is 3.00. The van der Waals surface area contributed by atoms with Gasteiger partial charge in [0.2, 0.25) is 10.0 Å². The van der Waals surface area contributed by atoms with E-state index in [9.17, 15) is 8.42 Å². The molecule has 0 bridgehead atoms. The van der Waals surface area contributed by atoms with Crippen LogP contribution in [0.25, 0.3) is 0 Å². The SMILES string of the molecule is Cl.NC(CNS(=O)(=O)c1cc(Br)c(Cl)cc1Cl)C1CC1. The number of halogens is 4. The third kappa shape index (κ3) is 4.47. The van der Waals surface area contributed by atoms with Gasteiger partial charge in [-0.3, -0.25) is 0 Å². The lowest BCUT2D eigenvalue weighted by molar-refractivity contribution is 0.548. The fourth-order valence-corrected chi connectivity index (χ4v) is 4.02. The average Bonchev–Trinajstić information content (AvgIpc) is 3.14. The topological polar surface area (TPSA) is 72.2 Å². The average molecular weight is 425 g/mol. The number of benzene rings is 1. The minimum Gasteiger partial charge on any atom is -0.326 e. The highest BCUT2D eigenvalue weighted by atomic mass is 79.9. The van der Waals surface area contributed by atoms with Crippen molar-refractivity contribution < 1.29 is 8.42 Å². The molecule has 9 heteroatoms. The quantitative estimate of drug-likeness (QED) is 0.713. The Hall–Kier alpha value is 0.440. The van der Waals surface area contributed by atoms with E-state index in [0.29, 0.717) is 15.4 Å². The van der Waals surface area contributed by atoms with E-state index in [1.165, 1.54) is 12.1 Å². The second kappa shape index (κ2) is 7.13. The van der Waals surface area contributed by atoms with Gasteiger partial charge in [0.15, 0.2) is 0 Å². The first-order chi connectivity index (χ1) is 8.81. The maximum absolute atomic E-state index is 12.1. The normalized spacial score (nSPS) is 16.6. The largest absolute Gasteiger partial charge is 0.326 e. The van der Waals surface area contributed by atoms with Crippen molar-refractivity contribution in [1.82, 2.24) is 4.72 Å². The molecule has 0 amide bonds. The summed E-state index contributed by atoms with van der Waals surface area (Å²) in [5, 5.41) is 0.444. The zero-order valence-electron chi connectivity index (χ0n) is 10.3. The Morgan fingerprint density at radius 3 is 2.50 bits per heavy atom. The summed E-state index contributed by atoms with van der Waals surface area (Å²) >= 11 is 14.9. The van der Waals surface area contributed by atoms with Gasteiger partial charge in [-0.15, -0.1) is 12.4 Å². The van der Waals surface area contributed by atoms with E-state index in [-0.39, 0.29) is 34.9 Å².